The Kier molecular flexibility index (Phi) is 3.53. The Labute approximate surface area is 124 Å². The van der Waals surface area contributed by atoms with Gasteiger partial charge in [0.15, 0.2) is 0 Å². The van der Waals surface area contributed by atoms with Crippen LogP contribution in [0.25, 0.3) is 11.0 Å². The molecule has 0 atom stereocenters. The standard InChI is InChI=1S/C15H12N2O3S/c16-9-5-6-13(17-7-9)21-8-12-14(15(18)19)10-3-1-2-4-11(10)20-12/h1-7H,8,16H2,(H,18,19). The van der Waals surface area contributed by atoms with Crippen molar-refractivity contribution >= 4 is 34.4 Å². The van der Waals surface area contributed by atoms with Crippen molar-refractivity contribution in [3.05, 3.63) is 53.9 Å². The summed E-state index contributed by atoms with van der Waals surface area (Å²) in [5, 5.41) is 10.8. The number of aromatic carboxylic acids is 1. The van der Waals surface area contributed by atoms with Gasteiger partial charge in [0.25, 0.3) is 0 Å². The Hall–Kier alpha value is -2.47. The van der Waals surface area contributed by atoms with E-state index in [1.54, 1.807) is 36.5 Å². The lowest BCUT2D eigenvalue weighted by molar-refractivity contribution is 0.0697. The van der Waals surface area contributed by atoms with E-state index >= 15 is 0 Å². The van der Waals surface area contributed by atoms with Crippen molar-refractivity contribution in [2.24, 2.45) is 0 Å². The summed E-state index contributed by atoms with van der Waals surface area (Å²) < 4.78 is 5.65. The number of hydrogen-bond acceptors (Lipinski definition) is 5. The molecule has 3 aromatic rings. The van der Waals surface area contributed by atoms with Gasteiger partial charge in [0.05, 0.1) is 22.7 Å². The quantitative estimate of drug-likeness (QED) is 0.718. The molecule has 0 saturated heterocycles. The first-order valence-corrected chi connectivity index (χ1v) is 7.22. The highest BCUT2D eigenvalue weighted by molar-refractivity contribution is 7.98. The maximum absolute atomic E-state index is 11.5. The normalized spacial score (nSPS) is 10.9. The second-order valence-electron chi connectivity index (χ2n) is 4.42. The lowest BCUT2D eigenvalue weighted by Gasteiger charge is -2.00. The zero-order valence-electron chi connectivity index (χ0n) is 10.9. The summed E-state index contributed by atoms with van der Waals surface area (Å²) in [4.78, 5) is 15.6. The topological polar surface area (TPSA) is 89.3 Å². The first kappa shape index (κ1) is 13.5. The third kappa shape index (κ3) is 2.71. The summed E-state index contributed by atoms with van der Waals surface area (Å²) in [6, 6.07) is 10.7. The zero-order valence-corrected chi connectivity index (χ0v) is 11.8. The molecule has 0 unspecified atom stereocenters. The Bertz CT molecular complexity index is 796. The van der Waals surface area contributed by atoms with Crippen molar-refractivity contribution < 1.29 is 14.3 Å². The number of hydrogen-bond donors (Lipinski definition) is 2. The summed E-state index contributed by atoms with van der Waals surface area (Å²) in [5.41, 5.74) is 6.97. The van der Waals surface area contributed by atoms with Crippen LogP contribution in [-0.2, 0) is 5.75 Å². The molecule has 0 aliphatic rings. The second kappa shape index (κ2) is 5.49. The molecule has 106 valence electrons. The summed E-state index contributed by atoms with van der Waals surface area (Å²) in [6.45, 7) is 0. The van der Waals surface area contributed by atoms with Crippen LogP contribution in [0, 0.1) is 0 Å². The Morgan fingerprint density at radius 1 is 1.29 bits per heavy atom. The predicted molar refractivity (Wildman–Crippen MR) is 81.4 cm³/mol. The van der Waals surface area contributed by atoms with E-state index in [4.69, 9.17) is 10.2 Å². The van der Waals surface area contributed by atoms with Gasteiger partial charge in [-0.2, -0.15) is 0 Å². The molecular weight excluding hydrogens is 288 g/mol. The van der Waals surface area contributed by atoms with Crippen LogP contribution >= 0.6 is 11.8 Å². The van der Waals surface area contributed by atoms with Gasteiger partial charge in [-0.05, 0) is 18.2 Å². The minimum absolute atomic E-state index is 0.216. The van der Waals surface area contributed by atoms with Crippen molar-refractivity contribution in [3.8, 4) is 0 Å². The van der Waals surface area contributed by atoms with E-state index in [0.29, 0.717) is 28.2 Å². The number of anilines is 1. The SMILES string of the molecule is Nc1ccc(SCc2oc3ccccc3c2C(=O)O)nc1. The van der Waals surface area contributed by atoms with E-state index in [9.17, 15) is 9.90 Å². The molecule has 0 fully saturated rings. The van der Waals surface area contributed by atoms with Crippen LogP contribution in [-0.4, -0.2) is 16.1 Å². The van der Waals surface area contributed by atoms with Crippen LogP contribution in [0.5, 0.6) is 0 Å². The first-order chi connectivity index (χ1) is 10.1. The highest BCUT2D eigenvalue weighted by atomic mass is 32.2. The van der Waals surface area contributed by atoms with Gasteiger partial charge in [0.2, 0.25) is 0 Å². The van der Waals surface area contributed by atoms with E-state index in [1.807, 2.05) is 6.07 Å². The van der Waals surface area contributed by atoms with Gasteiger partial charge < -0.3 is 15.3 Å². The number of rotatable bonds is 4. The number of para-hydroxylation sites is 1. The number of furan rings is 1. The molecular formula is C15H12N2O3S. The second-order valence-corrected chi connectivity index (χ2v) is 5.42. The third-order valence-corrected chi connectivity index (χ3v) is 3.94. The van der Waals surface area contributed by atoms with Crippen molar-refractivity contribution in [2.45, 2.75) is 10.8 Å². The number of thioether (sulfide) groups is 1. The average molecular weight is 300 g/mol. The monoisotopic (exact) mass is 300 g/mol. The maximum atomic E-state index is 11.5. The van der Waals surface area contributed by atoms with Crippen LogP contribution in [0.1, 0.15) is 16.1 Å². The Morgan fingerprint density at radius 2 is 2.10 bits per heavy atom. The van der Waals surface area contributed by atoms with E-state index in [2.05, 4.69) is 4.98 Å². The number of fused-ring (bicyclic) bond motifs is 1. The fourth-order valence-corrected chi connectivity index (χ4v) is 2.82. The number of benzene rings is 1. The molecule has 3 rings (SSSR count). The molecule has 0 aliphatic heterocycles. The molecule has 1 aromatic carbocycles. The fraction of sp³-hybridized carbons (Fsp3) is 0.0667. The lowest BCUT2D eigenvalue weighted by Crippen LogP contribution is -1.98. The van der Waals surface area contributed by atoms with Crippen molar-refractivity contribution in [1.29, 1.82) is 0 Å². The molecule has 0 saturated carbocycles. The number of nitrogens with two attached hydrogens (primary N) is 1. The predicted octanol–water partition coefficient (Wildman–Crippen LogP) is 3.40. The number of aromatic nitrogens is 1. The zero-order chi connectivity index (χ0) is 14.8. The minimum Gasteiger partial charge on any atom is -0.478 e. The van der Waals surface area contributed by atoms with Gasteiger partial charge in [-0.25, -0.2) is 9.78 Å². The molecule has 0 radical (unpaired) electrons. The highest BCUT2D eigenvalue weighted by Gasteiger charge is 2.19. The molecule has 0 spiro atoms. The van der Waals surface area contributed by atoms with Crippen LogP contribution < -0.4 is 5.73 Å². The van der Waals surface area contributed by atoms with E-state index in [1.165, 1.54) is 11.8 Å². The third-order valence-electron chi connectivity index (χ3n) is 2.99. The molecule has 0 bridgehead atoms. The number of carboxylic acid groups (broad SMARTS) is 1. The molecule has 0 amide bonds. The Balaban J connectivity index is 1.91. The number of pyridine rings is 1. The summed E-state index contributed by atoms with van der Waals surface area (Å²) >= 11 is 1.41. The minimum atomic E-state index is -0.985. The van der Waals surface area contributed by atoms with E-state index < -0.39 is 5.97 Å². The number of carbonyl (C=O) groups is 1. The highest BCUT2D eigenvalue weighted by Crippen LogP contribution is 2.30. The van der Waals surface area contributed by atoms with Crippen molar-refractivity contribution in [3.63, 3.8) is 0 Å². The maximum Gasteiger partial charge on any atom is 0.339 e. The van der Waals surface area contributed by atoms with Crippen LogP contribution in [0.3, 0.4) is 0 Å². The van der Waals surface area contributed by atoms with Gasteiger partial charge in [0.1, 0.15) is 16.9 Å². The number of nitrogens with zero attached hydrogens (tertiary/aromatic N) is 1. The molecule has 21 heavy (non-hydrogen) atoms. The van der Waals surface area contributed by atoms with Gasteiger partial charge in [-0.3, -0.25) is 0 Å². The van der Waals surface area contributed by atoms with Crippen LogP contribution in [0.2, 0.25) is 0 Å². The van der Waals surface area contributed by atoms with Gasteiger partial charge in [-0.1, -0.05) is 30.0 Å². The van der Waals surface area contributed by atoms with Gasteiger partial charge >= 0.3 is 5.97 Å². The van der Waals surface area contributed by atoms with Gasteiger partial charge in [-0.15, -0.1) is 0 Å². The smallest absolute Gasteiger partial charge is 0.339 e. The molecule has 0 aliphatic carbocycles. The van der Waals surface area contributed by atoms with E-state index in [-0.39, 0.29) is 5.56 Å². The van der Waals surface area contributed by atoms with E-state index in [0.717, 1.165) is 5.03 Å². The van der Waals surface area contributed by atoms with Crippen LogP contribution in [0.4, 0.5) is 5.69 Å². The first-order valence-electron chi connectivity index (χ1n) is 6.23. The lowest BCUT2D eigenvalue weighted by atomic mass is 10.1. The fourth-order valence-electron chi connectivity index (χ4n) is 2.05. The number of nitrogen functional groups attached to an aromatic ring is 1. The summed E-state index contributed by atoms with van der Waals surface area (Å²) in [7, 11) is 0. The Morgan fingerprint density at radius 3 is 2.81 bits per heavy atom. The molecule has 2 aromatic heterocycles. The van der Waals surface area contributed by atoms with Crippen molar-refractivity contribution in [2.75, 3.05) is 5.73 Å². The van der Waals surface area contributed by atoms with Crippen molar-refractivity contribution in [1.82, 2.24) is 4.98 Å². The van der Waals surface area contributed by atoms with Gasteiger partial charge in [0, 0.05) is 5.39 Å². The molecule has 5 nitrogen and oxygen atoms in total. The molecule has 6 heteroatoms. The average Bonchev–Trinajstić information content (AvgIpc) is 2.85. The summed E-state index contributed by atoms with van der Waals surface area (Å²) in [5.74, 6) is -0.152. The molecule has 3 N–H and O–H groups in total. The van der Waals surface area contributed by atoms with Crippen LogP contribution in [0.15, 0.2) is 52.0 Å². The largest absolute Gasteiger partial charge is 0.478 e. The number of carboxylic acids is 1. The summed E-state index contributed by atoms with van der Waals surface area (Å²) in [6.07, 6.45) is 1.57. The molecule has 2 heterocycles.